The van der Waals surface area contributed by atoms with Gasteiger partial charge < -0.3 is 5.32 Å². The van der Waals surface area contributed by atoms with Crippen LogP contribution in [0.4, 0.5) is 0 Å². The van der Waals surface area contributed by atoms with Crippen LogP contribution in [0, 0.1) is 12.3 Å². The Morgan fingerprint density at radius 2 is 1.82 bits per heavy atom. The van der Waals surface area contributed by atoms with Crippen LogP contribution in [0.15, 0.2) is 29.2 Å². The molecule has 1 aliphatic rings. The number of carbonyl (C=O) groups is 1. The number of hydrogen-bond acceptors (Lipinski definition) is 3. The first kappa shape index (κ1) is 16.5. The first-order valence-corrected chi connectivity index (χ1v) is 8.85. The molecule has 1 aliphatic carbocycles. The third-order valence-electron chi connectivity index (χ3n) is 3.73. The molecular formula is C16H20N2O3S. The molecule has 0 saturated heterocycles. The second-order valence-corrected chi connectivity index (χ2v) is 7.13. The third-order valence-corrected chi connectivity index (χ3v) is 5.15. The molecule has 1 saturated carbocycles. The van der Waals surface area contributed by atoms with Crippen LogP contribution >= 0.6 is 0 Å². The van der Waals surface area contributed by atoms with Crippen LogP contribution in [0.3, 0.4) is 0 Å². The van der Waals surface area contributed by atoms with Crippen molar-refractivity contribution in [3.05, 3.63) is 29.8 Å². The van der Waals surface area contributed by atoms with Crippen molar-refractivity contribution in [2.75, 3.05) is 6.54 Å². The molecule has 1 amide bonds. The minimum Gasteiger partial charge on any atom is -0.349 e. The summed E-state index contributed by atoms with van der Waals surface area (Å²) in [6.45, 7) is -0.0632. The van der Waals surface area contributed by atoms with Gasteiger partial charge in [0.25, 0.3) is 5.91 Å². The molecule has 0 unspecified atom stereocenters. The fourth-order valence-electron chi connectivity index (χ4n) is 2.52. The monoisotopic (exact) mass is 320 g/mol. The maximum Gasteiger partial charge on any atom is 0.251 e. The van der Waals surface area contributed by atoms with Gasteiger partial charge >= 0.3 is 0 Å². The quantitative estimate of drug-likeness (QED) is 0.810. The first-order chi connectivity index (χ1) is 10.5. The van der Waals surface area contributed by atoms with Gasteiger partial charge in [-0.1, -0.05) is 25.2 Å². The van der Waals surface area contributed by atoms with E-state index in [4.69, 9.17) is 6.42 Å². The predicted molar refractivity (Wildman–Crippen MR) is 84.8 cm³/mol. The van der Waals surface area contributed by atoms with Crippen LogP contribution in [0.1, 0.15) is 42.5 Å². The van der Waals surface area contributed by atoms with Gasteiger partial charge in [0, 0.05) is 11.6 Å². The van der Waals surface area contributed by atoms with E-state index in [1.165, 1.54) is 30.7 Å². The Kier molecular flexibility index (Phi) is 5.58. The normalized spacial score (nSPS) is 16.0. The standard InChI is InChI=1S/C16H20N2O3S/c1-2-12-17-22(20,21)15-10-8-13(9-11-15)16(19)18-14-6-4-3-5-7-14/h1,8-11,14,17H,3-7,12H2,(H,18,19). The Hall–Kier alpha value is -1.84. The van der Waals surface area contributed by atoms with E-state index < -0.39 is 10.0 Å². The first-order valence-electron chi connectivity index (χ1n) is 7.37. The Morgan fingerprint density at radius 3 is 2.41 bits per heavy atom. The maximum absolute atomic E-state index is 12.1. The van der Waals surface area contributed by atoms with Gasteiger partial charge in [0.2, 0.25) is 10.0 Å². The molecule has 1 aromatic carbocycles. The zero-order chi connectivity index (χ0) is 16.0. The Balaban J connectivity index is 2.02. The molecule has 0 bridgehead atoms. The van der Waals surface area contributed by atoms with Crippen molar-refractivity contribution < 1.29 is 13.2 Å². The molecule has 2 N–H and O–H groups in total. The molecule has 0 heterocycles. The molecule has 0 spiro atoms. The maximum atomic E-state index is 12.1. The van der Waals surface area contributed by atoms with Gasteiger partial charge in [-0.05, 0) is 37.1 Å². The van der Waals surface area contributed by atoms with Gasteiger partial charge in [0.15, 0.2) is 0 Å². The predicted octanol–water partition coefficient (Wildman–Crippen LogP) is 1.66. The zero-order valence-electron chi connectivity index (χ0n) is 12.3. The van der Waals surface area contributed by atoms with E-state index in [0.717, 1.165) is 25.7 Å². The smallest absolute Gasteiger partial charge is 0.251 e. The highest BCUT2D eigenvalue weighted by atomic mass is 32.2. The molecule has 2 rings (SSSR count). The second-order valence-electron chi connectivity index (χ2n) is 5.36. The zero-order valence-corrected chi connectivity index (χ0v) is 13.2. The summed E-state index contributed by atoms with van der Waals surface area (Å²) in [5, 5.41) is 3.00. The highest BCUT2D eigenvalue weighted by Crippen LogP contribution is 2.18. The molecule has 0 atom stereocenters. The van der Waals surface area contributed by atoms with E-state index in [2.05, 4.69) is 16.0 Å². The van der Waals surface area contributed by atoms with E-state index >= 15 is 0 Å². The van der Waals surface area contributed by atoms with Crippen molar-refractivity contribution in [1.29, 1.82) is 0 Å². The summed E-state index contributed by atoms with van der Waals surface area (Å²) in [5.41, 5.74) is 0.460. The summed E-state index contributed by atoms with van der Waals surface area (Å²) < 4.78 is 26.0. The minimum absolute atomic E-state index is 0.0632. The molecule has 1 aromatic rings. The number of carbonyl (C=O) groups excluding carboxylic acids is 1. The molecule has 0 aromatic heterocycles. The lowest BCUT2D eigenvalue weighted by Crippen LogP contribution is -2.36. The van der Waals surface area contributed by atoms with E-state index in [1.807, 2.05) is 0 Å². The van der Waals surface area contributed by atoms with Gasteiger partial charge in [0.05, 0.1) is 11.4 Å². The van der Waals surface area contributed by atoms with E-state index in [0.29, 0.717) is 5.56 Å². The number of nitrogens with one attached hydrogen (secondary N) is 2. The van der Waals surface area contributed by atoms with E-state index in [1.54, 1.807) is 0 Å². The highest BCUT2D eigenvalue weighted by molar-refractivity contribution is 7.89. The van der Waals surface area contributed by atoms with Crippen LogP contribution in [0.2, 0.25) is 0 Å². The molecule has 118 valence electrons. The Bertz CT molecular complexity index is 654. The van der Waals surface area contributed by atoms with E-state index in [9.17, 15) is 13.2 Å². The highest BCUT2D eigenvalue weighted by Gasteiger charge is 2.18. The van der Waals surface area contributed by atoms with Crippen LogP contribution in [-0.2, 0) is 10.0 Å². The lowest BCUT2D eigenvalue weighted by Gasteiger charge is -2.22. The van der Waals surface area contributed by atoms with Gasteiger partial charge in [-0.3, -0.25) is 4.79 Å². The number of terminal acetylenes is 1. The van der Waals surface area contributed by atoms with Crippen molar-refractivity contribution in [3.8, 4) is 12.3 Å². The SMILES string of the molecule is C#CCNS(=O)(=O)c1ccc(C(=O)NC2CCCCC2)cc1. The number of hydrogen-bond donors (Lipinski definition) is 2. The molecular weight excluding hydrogens is 300 g/mol. The third kappa shape index (κ3) is 4.33. The van der Waals surface area contributed by atoms with Crippen LogP contribution in [0.5, 0.6) is 0 Å². The molecule has 22 heavy (non-hydrogen) atoms. The van der Waals surface area contributed by atoms with Crippen molar-refractivity contribution >= 4 is 15.9 Å². The molecule has 5 nitrogen and oxygen atoms in total. The summed E-state index contributed by atoms with van der Waals surface area (Å²) in [5.74, 6) is 2.05. The Labute approximate surface area is 131 Å². The van der Waals surface area contributed by atoms with Crippen molar-refractivity contribution in [2.45, 2.75) is 43.0 Å². The summed E-state index contributed by atoms with van der Waals surface area (Å²) in [6, 6.07) is 6.08. The molecule has 1 fully saturated rings. The van der Waals surface area contributed by atoms with Crippen LogP contribution in [-0.4, -0.2) is 26.9 Å². The molecule has 6 heteroatoms. The summed E-state index contributed by atoms with van der Waals surface area (Å²) in [6.07, 6.45) is 10.6. The van der Waals surface area contributed by atoms with Crippen molar-refractivity contribution in [2.24, 2.45) is 0 Å². The number of benzene rings is 1. The van der Waals surface area contributed by atoms with Gasteiger partial charge in [0.1, 0.15) is 0 Å². The number of sulfonamides is 1. The summed E-state index contributed by atoms with van der Waals surface area (Å²) in [4.78, 5) is 12.2. The van der Waals surface area contributed by atoms with Crippen molar-refractivity contribution in [3.63, 3.8) is 0 Å². The van der Waals surface area contributed by atoms with Gasteiger partial charge in [-0.2, -0.15) is 4.72 Å². The topological polar surface area (TPSA) is 75.3 Å². The fraction of sp³-hybridized carbons (Fsp3) is 0.438. The van der Waals surface area contributed by atoms with Crippen molar-refractivity contribution in [1.82, 2.24) is 10.0 Å². The lowest BCUT2D eigenvalue weighted by atomic mass is 9.95. The average molecular weight is 320 g/mol. The average Bonchev–Trinajstić information content (AvgIpc) is 2.54. The summed E-state index contributed by atoms with van der Waals surface area (Å²) >= 11 is 0. The number of rotatable bonds is 5. The largest absolute Gasteiger partial charge is 0.349 e. The number of amides is 1. The second kappa shape index (κ2) is 7.43. The van der Waals surface area contributed by atoms with Crippen LogP contribution in [0.25, 0.3) is 0 Å². The van der Waals surface area contributed by atoms with E-state index in [-0.39, 0.29) is 23.4 Å². The summed E-state index contributed by atoms with van der Waals surface area (Å²) in [7, 11) is -3.62. The van der Waals surface area contributed by atoms with Gasteiger partial charge in [-0.15, -0.1) is 6.42 Å². The Morgan fingerprint density at radius 1 is 1.18 bits per heavy atom. The fourth-order valence-corrected chi connectivity index (χ4v) is 3.46. The molecule has 0 aliphatic heterocycles. The van der Waals surface area contributed by atoms with Crippen LogP contribution < -0.4 is 10.0 Å². The minimum atomic E-state index is -3.62. The van der Waals surface area contributed by atoms with Gasteiger partial charge in [-0.25, -0.2) is 8.42 Å². The lowest BCUT2D eigenvalue weighted by molar-refractivity contribution is 0.0927. The molecule has 0 radical (unpaired) electrons.